The first-order valence-electron chi connectivity index (χ1n) is 8.73. The van der Waals surface area contributed by atoms with E-state index in [1.807, 2.05) is 24.3 Å². The summed E-state index contributed by atoms with van der Waals surface area (Å²) in [6, 6.07) is 12.8. The molecule has 0 spiro atoms. The van der Waals surface area contributed by atoms with E-state index in [-0.39, 0.29) is 18.2 Å². The number of ether oxygens (including phenoxy) is 3. The van der Waals surface area contributed by atoms with Crippen LogP contribution in [-0.4, -0.2) is 38.7 Å². The second-order valence-electron chi connectivity index (χ2n) is 6.03. The van der Waals surface area contributed by atoms with Crippen LogP contribution in [0, 0.1) is 0 Å². The molecule has 2 N–H and O–H groups in total. The van der Waals surface area contributed by atoms with Crippen LogP contribution in [0.3, 0.4) is 0 Å². The van der Waals surface area contributed by atoms with E-state index in [9.17, 15) is 9.59 Å². The zero-order valence-electron chi connectivity index (χ0n) is 15.1. The van der Waals surface area contributed by atoms with Crippen molar-refractivity contribution in [1.29, 1.82) is 0 Å². The molecule has 0 fully saturated rings. The predicted molar refractivity (Wildman–Crippen MR) is 100 cm³/mol. The highest BCUT2D eigenvalue weighted by atomic mass is 16.6. The topological polar surface area (TPSA) is 85.9 Å². The van der Waals surface area contributed by atoms with Crippen LogP contribution >= 0.6 is 0 Å². The van der Waals surface area contributed by atoms with Crippen LogP contribution in [0.15, 0.2) is 42.5 Å². The van der Waals surface area contributed by atoms with Crippen molar-refractivity contribution < 1.29 is 23.8 Å². The first-order valence-corrected chi connectivity index (χ1v) is 8.73. The van der Waals surface area contributed by atoms with Crippen LogP contribution in [0.25, 0.3) is 0 Å². The standard InChI is InChI=1S/C20H22N2O5/c1-25-16-5-2-14(3-6-16)8-9-21-19(23)13-20(24)22-15-4-7-17-18(12-15)27-11-10-26-17/h2-7,12H,8-11,13H2,1H3,(H,21,23)(H,22,24). The van der Waals surface area contributed by atoms with E-state index >= 15 is 0 Å². The molecule has 7 nitrogen and oxygen atoms in total. The summed E-state index contributed by atoms with van der Waals surface area (Å²) < 4.78 is 16.0. The number of rotatable bonds is 7. The number of fused-ring (bicyclic) bond motifs is 1. The Kier molecular flexibility index (Phi) is 6.14. The lowest BCUT2D eigenvalue weighted by Gasteiger charge is -2.19. The molecule has 1 aliphatic rings. The Bertz CT molecular complexity index is 805. The van der Waals surface area contributed by atoms with Gasteiger partial charge in [-0.2, -0.15) is 0 Å². The lowest BCUT2D eigenvalue weighted by atomic mass is 10.1. The molecule has 2 amide bonds. The third kappa shape index (κ3) is 5.37. The molecule has 2 aromatic carbocycles. The maximum absolute atomic E-state index is 12.0. The van der Waals surface area contributed by atoms with Crippen molar-refractivity contribution >= 4 is 17.5 Å². The second kappa shape index (κ2) is 8.93. The molecule has 27 heavy (non-hydrogen) atoms. The molecule has 0 aliphatic carbocycles. The SMILES string of the molecule is COc1ccc(CCNC(=O)CC(=O)Nc2ccc3c(c2)OCCO3)cc1. The molecular formula is C20H22N2O5. The van der Waals surface area contributed by atoms with Gasteiger partial charge in [-0.1, -0.05) is 12.1 Å². The fourth-order valence-electron chi connectivity index (χ4n) is 2.67. The Morgan fingerprint density at radius 3 is 2.48 bits per heavy atom. The summed E-state index contributed by atoms with van der Waals surface area (Å²) in [6.07, 6.45) is 0.441. The van der Waals surface area contributed by atoms with Crippen molar-refractivity contribution in [1.82, 2.24) is 5.32 Å². The third-order valence-electron chi connectivity index (χ3n) is 4.04. The van der Waals surface area contributed by atoms with Crippen molar-refractivity contribution in [2.75, 3.05) is 32.2 Å². The Labute approximate surface area is 157 Å². The summed E-state index contributed by atoms with van der Waals surface area (Å²) in [6.45, 7) is 1.44. The molecule has 3 rings (SSSR count). The predicted octanol–water partition coefficient (Wildman–Crippen LogP) is 2.15. The smallest absolute Gasteiger partial charge is 0.233 e. The Hall–Kier alpha value is -3.22. The van der Waals surface area contributed by atoms with Crippen molar-refractivity contribution in [3.8, 4) is 17.2 Å². The van der Waals surface area contributed by atoms with Crippen LogP contribution in [0.2, 0.25) is 0 Å². The van der Waals surface area contributed by atoms with Gasteiger partial charge >= 0.3 is 0 Å². The van der Waals surface area contributed by atoms with Crippen LogP contribution < -0.4 is 24.8 Å². The minimum Gasteiger partial charge on any atom is -0.497 e. The first kappa shape index (κ1) is 18.6. The average molecular weight is 370 g/mol. The van der Waals surface area contributed by atoms with E-state index in [0.717, 1.165) is 11.3 Å². The molecule has 0 saturated carbocycles. The van der Waals surface area contributed by atoms with Crippen molar-refractivity contribution in [3.05, 3.63) is 48.0 Å². The van der Waals surface area contributed by atoms with E-state index in [4.69, 9.17) is 14.2 Å². The van der Waals surface area contributed by atoms with Crippen molar-refractivity contribution in [2.24, 2.45) is 0 Å². The molecule has 7 heteroatoms. The monoisotopic (exact) mass is 370 g/mol. The third-order valence-corrected chi connectivity index (χ3v) is 4.04. The highest BCUT2D eigenvalue weighted by molar-refractivity contribution is 6.03. The van der Waals surface area contributed by atoms with E-state index < -0.39 is 0 Å². The number of benzene rings is 2. The van der Waals surface area contributed by atoms with Crippen molar-refractivity contribution in [2.45, 2.75) is 12.8 Å². The number of nitrogens with one attached hydrogen (secondary N) is 2. The minimum absolute atomic E-state index is 0.239. The first-order chi connectivity index (χ1) is 13.1. The minimum atomic E-state index is -0.381. The van der Waals surface area contributed by atoms with Gasteiger partial charge in [-0.15, -0.1) is 0 Å². The van der Waals surface area contributed by atoms with Gasteiger partial charge in [0.25, 0.3) is 0 Å². The molecule has 0 aromatic heterocycles. The number of anilines is 1. The molecule has 1 aliphatic heterocycles. The normalized spacial score (nSPS) is 12.2. The number of carbonyl (C=O) groups is 2. The zero-order valence-corrected chi connectivity index (χ0v) is 15.1. The van der Waals surface area contributed by atoms with Gasteiger partial charge in [0.2, 0.25) is 11.8 Å². The molecule has 0 radical (unpaired) electrons. The fraction of sp³-hybridized carbons (Fsp3) is 0.300. The van der Waals surface area contributed by atoms with Gasteiger partial charge in [0.05, 0.1) is 7.11 Å². The van der Waals surface area contributed by atoms with Gasteiger partial charge in [-0.25, -0.2) is 0 Å². The highest BCUT2D eigenvalue weighted by Crippen LogP contribution is 2.32. The summed E-state index contributed by atoms with van der Waals surface area (Å²) in [5.41, 5.74) is 1.65. The van der Waals surface area contributed by atoms with Gasteiger partial charge in [-0.05, 0) is 36.2 Å². The number of methoxy groups -OCH3 is 1. The zero-order chi connectivity index (χ0) is 19.1. The molecule has 2 aromatic rings. The summed E-state index contributed by atoms with van der Waals surface area (Å²) in [4.78, 5) is 24.0. The number of amides is 2. The van der Waals surface area contributed by atoms with Crippen molar-refractivity contribution in [3.63, 3.8) is 0 Å². The van der Waals surface area contributed by atoms with Gasteiger partial charge in [-0.3, -0.25) is 9.59 Å². The summed E-state index contributed by atoms with van der Waals surface area (Å²) >= 11 is 0. The molecule has 142 valence electrons. The molecule has 0 saturated heterocycles. The maximum atomic E-state index is 12.0. The van der Waals surface area contributed by atoms with Gasteiger partial charge < -0.3 is 24.8 Å². The number of carbonyl (C=O) groups excluding carboxylic acids is 2. The van der Waals surface area contributed by atoms with Gasteiger partial charge in [0.15, 0.2) is 11.5 Å². The van der Waals surface area contributed by atoms with E-state index in [0.29, 0.717) is 43.4 Å². The van der Waals surface area contributed by atoms with E-state index in [1.54, 1.807) is 25.3 Å². The largest absolute Gasteiger partial charge is 0.497 e. The van der Waals surface area contributed by atoms with Crippen LogP contribution in [-0.2, 0) is 16.0 Å². The number of hydrogen-bond acceptors (Lipinski definition) is 5. The molecule has 1 heterocycles. The molecule has 0 unspecified atom stereocenters. The number of hydrogen-bond donors (Lipinski definition) is 2. The average Bonchev–Trinajstić information content (AvgIpc) is 2.68. The molecule has 0 atom stereocenters. The van der Waals surface area contributed by atoms with Crippen LogP contribution in [0.5, 0.6) is 17.2 Å². The lowest BCUT2D eigenvalue weighted by Crippen LogP contribution is -2.29. The summed E-state index contributed by atoms with van der Waals surface area (Å²) in [7, 11) is 1.62. The van der Waals surface area contributed by atoms with E-state index in [2.05, 4.69) is 10.6 Å². The molecule has 0 bridgehead atoms. The lowest BCUT2D eigenvalue weighted by molar-refractivity contribution is -0.126. The second-order valence-corrected chi connectivity index (χ2v) is 6.03. The molecular weight excluding hydrogens is 348 g/mol. The summed E-state index contributed by atoms with van der Waals surface area (Å²) in [5, 5.41) is 5.45. The summed E-state index contributed by atoms with van der Waals surface area (Å²) in [5.74, 6) is 1.32. The Morgan fingerprint density at radius 1 is 1.00 bits per heavy atom. The van der Waals surface area contributed by atoms with E-state index in [1.165, 1.54) is 0 Å². The fourth-order valence-corrected chi connectivity index (χ4v) is 2.67. The van der Waals surface area contributed by atoms with Crippen LogP contribution in [0.4, 0.5) is 5.69 Å². The maximum Gasteiger partial charge on any atom is 0.233 e. The Balaban J connectivity index is 1.41. The van der Waals surface area contributed by atoms with Gasteiger partial charge in [0, 0.05) is 18.3 Å². The highest BCUT2D eigenvalue weighted by Gasteiger charge is 2.14. The quantitative estimate of drug-likeness (QED) is 0.730. The Morgan fingerprint density at radius 2 is 1.74 bits per heavy atom. The van der Waals surface area contributed by atoms with Gasteiger partial charge in [0.1, 0.15) is 25.4 Å². The van der Waals surface area contributed by atoms with Crippen LogP contribution in [0.1, 0.15) is 12.0 Å².